The van der Waals surface area contributed by atoms with E-state index in [0.29, 0.717) is 13.1 Å². The van der Waals surface area contributed by atoms with E-state index in [9.17, 15) is 4.79 Å². The second-order valence-corrected chi connectivity index (χ2v) is 6.44. The number of rotatable bonds is 7. The molecule has 3 aromatic rings. The molecule has 6 heteroatoms. The molecule has 6 nitrogen and oxygen atoms in total. The first-order valence-electron chi connectivity index (χ1n) is 8.84. The zero-order valence-electron chi connectivity index (χ0n) is 15.9. The predicted octanol–water partition coefficient (Wildman–Crippen LogP) is 3.04. The summed E-state index contributed by atoms with van der Waals surface area (Å²) in [5, 5.41) is 4.39. The third-order valence-corrected chi connectivity index (χ3v) is 4.40. The highest BCUT2D eigenvalue weighted by Gasteiger charge is 2.27. The molecule has 0 spiro atoms. The second kappa shape index (κ2) is 8.60. The molecule has 0 bridgehead atoms. The van der Waals surface area contributed by atoms with Crippen LogP contribution in [-0.4, -0.2) is 32.7 Å². The van der Waals surface area contributed by atoms with Gasteiger partial charge in [0.15, 0.2) is 6.10 Å². The lowest BCUT2D eigenvalue weighted by Gasteiger charge is -2.27. The number of ether oxygens (including phenoxy) is 1. The van der Waals surface area contributed by atoms with Crippen LogP contribution in [-0.2, 0) is 29.7 Å². The number of pyridine rings is 1. The lowest BCUT2D eigenvalue weighted by atomic mass is 10.1. The fourth-order valence-electron chi connectivity index (χ4n) is 3.08. The molecule has 0 aliphatic heterocycles. The van der Waals surface area contributed by atoms with Crippen LogP contribution < -0.4 is 0 Å². The fourth-order valence-corrected chi connectivity index (χ4v) is 3.08. The summed E-state index contributed by atoms with van der Waals surface area (Å²) < 4.78 is 7.36. The Kier molecular flexibility index (Phi) is 5.98. The minimum absolute atomic E-state index is 0.104. The Morgan fingerprint density at radius 3 is 2.48 bits per heavy atom. The van der Waals surface area contributed by atoms with Crippen molar-refractivity contribution in [3.63, 3.8) is 0 Å². The van der Waals surface area contributed by atoms with Crippen LogP contribution >= 0.6 is 0 Å². The molecule has 0 radical (unpaired) electrons. The highest BCUT2D eigenvalue weighted by Crippen LogP contribution is 2.22. The van der Waals surface area contributed by atoms with Crippen molar-refractivity contribution in [2.24, 2.45) is 7.05 Å². The quantitative estimate of drug-likeness (QED) is 0.646. The largest absolute Gasteiger partial charge is 0.367 e. The van der Waals surface area contributed by atoms with Crippen LogP contribution in [0.25, 0.3) is 0 Å². The van der Waals surface area contributed by atoms with Crippen LogP contribution in [0.5, 0.6) is 0 Å². The van der Waals surface area contributed by atoms with Crippen LogP contribution in [0, 0.1) is 6.92 Å². The Hall–Kier alpha value is -2.99. The molecule has 2 heterocycles. The van der Waals surface area contributed by atoms with Crippen molar-refractivity contribution in [2.75, 3.05) is 7.11 Å². The lowest BCUT2D eigenvalue weighted by molar-refractivity contribution is -0.144. The van der Waals surface area contributed by atoms with Crippen LogP contribution in [0.1, 0.15) is 28.7 Å². The van der Waals surface area contributed by atoms with Crippen molar-refractivity contribution >= 4 is 5.91 Å². The van der Waals surface area contributed by atoms with Gasteiger partial charge in [0.25, 0.3) is 5.91 Å². The summed E-state index contributed by atoms with van der Waals surface area (Å²) in [6.45, 7) is 2.77. The predicted molar refractivity (Wildman–Crippen MR) is 103 cm³/mol. The number of aromatic nitrogens is 3. The first-order valence-corrected chi connectivity index (χ1v) is 8.84. The van der Waals surface area contributed by atoms with Gasteiger partial charge in [0.05, 0.1) is 30.2 Å². The van der Waals surface area contributed by atoms with Crippen molar-refractivity contribution in [1.29, 1.82) is 0 Å². The summed E-state index contributed by atoms with van der Waals surface area (Å²) in [6, 6.07) is 17.2. The number of hydrogen-bond acceptors (Lipinski definition) is 4. The van der Waals surface area contributed by atoms with Crippen LogP contribution in [0.3, 0.4) is 0 Å². The number of carbonyl (C=O) groups is 1. The van der Waals surface area contributed by atoms with Crippen molar-refractivity contribution in [2.45, 2.75) is 26.1 Å². The van der Waals surface area contributed by atoms with Gasteiger partial charge >= 0.3 is 0 Å². The van der Waals surface area contributed by atoms with Gasteiger partial charge in [0.1, 0.15) is 0 Å². The molecule has 0 fully saturated rings. The summed E-state index contributed by atoms with van der Waals surface area (Å²) in [5.74, 6) is -0.104. The maximum Gasteiger partial charge on any atom is 0.257 e. The maximum atomic E-state index is 13.3. The Balaban J connectivity index is 1.90. The van der Waals surface area contributed by atoms with Crippen LogP contribution in [0.15, 0.2) is 60.8 Å². The Morgan fingerprint density at radius 2 is 1.89 bits per heavy atom. The van der Waals surface area contributed by atoms with Gasteiger partial charge < -0.3 is 9.64 Å². The van der Waals surface area contributed by atoms with Crippen molar-refractivity contribution in [1.82, 2.24) is 19.7 Å². The van der Waals surface area contributed by atoms with E-state index in [1.807, 2.05) is 68.6 Å². The van der Waals surface area contributed by atoms with E-state index in [0.717, 1.165) is 22.6 Å². The molecule has 1 amide bonds. The second-order valence-electron chi connectivity index (χ2n) is 6.44. The number of amides is 1. The van der Waals surface area contributed by atoms with Crippen LogP contribution in [0.4, 0.5) is 0 Å². The molecule has 0 aliphatic rings. The number of carbonyl (C=O) groups excluding carboxylic acids is 1. The highest BCUT2D eigenvalue weighted by atomic mass is 16.5. The SMILES string of the molecule is CO[C@H](C(=O)N(Cc1ccccn1)Cc1cc(C)nn1C)c1ccccc1. The van der Waals surface area contributed by atoms with Gasteiger partial charge in [-0.05, 0) is 30.7 Å². The topological polar surface area (TPSA) is 60.2 Å². The summed E-state index contributed by atoms with van der Waals surface area (Å²) >= 11 is 0. The Bertz CT molecular complexity index is 878. The first-order chi connectivity index (χ1) is 13.1. The molecule has 3 rings (SSSR count). The lowest BCUT2D eigenvalue weighted by Crippen LogP contribution is -2.35. The van der Waals surface area contributed by atoms with Gasteiger partial charge in [-0.1, -0.05) is 36.4 Å². The number of hydrogen-bond donors (Lipinski definition) is 0. The third-order valence-electron chi connectivity index (χ3n) is 4.40. The summed E-state index contributed by atoms with van der Waals surface area (Å²) in [4.78, 5) is 19.5. The molecule has 0 unspecified atom stereocenters. The number of aryl methyl sites for hydroxylation is 2. The normalized spacial score (nSPS) is 12.0. The molecular weight excluding hydrogens is 340 g/mol. The van der Waals surface area contributed by atoms with Gasteiger partial charge in [-0.2, -0.15) is 5.10 Å². The monoisotopic (exact) mass is 364 g/mol. The van der Waals surface area contributed by atoms with E-state index < -0.39 is 6.10 Å². The standard InChI is InChI=1S/C21H24N4O2/c1-16-13-19(24(2)23-16)15-25(14-18-11-7-8-12-22-18)21(26)20(27-3)17-9-5-4-6-10-17/h4-13,20H,14-15H2,1-3H3/t20-/m0/s1. The zero-order valence-corrected chi connectivity index (χ0v) is 15.9. The summed E-state index contributed by atoms with van der Waals surface area (Å²) in [7, 11) is 3.44. The molecule has 1 atom stereocenters. The molecule has 1 aromatic carbocycles. The molecular formula is C21H24N4O2. The smallest absolute Gasteiger partial charge is 0.257 e. The van der Waals surface area contributed by atoms with Crippen molar-refractivity contribution in [3.05, 3.63) is 83.4 Å². The van der Waals surface area contributed by atoms with E-state index in [1.54, 1.807) is 22.9 Å². The Morgan fingerprint density at radius 1 is 1.15 bits per heavy atom. The van der Waals surface area contributed by atoms with E-state index >= 15 is 0 Å². The van der Waals surface area contributed by atoms with E-state index in [-0.39, 0.29) is 5.91 Å². The maximum absolute atomic E-state index is 13.3. The van der Waals surface area contributed by atoms with Gasteiger partial charge in [0, 0.05) is 20.4 Å². The van der Waals surface area contributed by atoms with Gasteiger partial charge in [0.2, 0.25) is 0 Å². The fraction of sp³-hybridized carbons (Fsp3) is 0.286. The summed E-state index contributed by atoms with van der Waals surface area (Å²) in [6.07, 6.45) is 1.07. The molecule has 0 N–H and O–H groups in total. The average molecular weight is 364 g/mol. The summed E-state index contributed by atoms with van der Waals surface area (Å²) in [5.41, 5.74) is 3.54. The van der Waals surface area contributed by atoms with Gasteiger partial charge in [-0.3, -0.25) is 14.5 Å². The first kappa shape index (κ1) is 18.8. The number of nitrogens with zero attached hydrogens (tertiary/aromatic N) is 4. The van der Waals surface area contributed by atoms with Gasteiger partial charge in [-0.25, -0.2) is 0 Å². The van der Waals surface area contributed by atoms with E-state index in [2.05, 4.69) is 10.1 Å². The molecule has 0 saturated heterocycles. The average Bonchev–Trinajstić information content (AvgIpc) is 3.00. The minimum Gasteiger partial charge on any atom is -0.367 e. The molecule has 140 valence electrons. The molecule has 0 saturated carbocycles. The zero-order chi connectivity index (χ0) is 19.2. The minimum atomic E-state index is -0.663. The number of methoxy groups -OCH3 is 1. The molecule has 2 aromatic heterocycles. The third kappa shape index (κ3) is 4.60. The Labute approximate surface area is 159 Å². The number of benzene rings is 1. The van der Waals surface area contributed by atoms with Gasteiger partial charge in [-0.15, -0.1) is 0 Å². The molecule has 0 aliphatic carbocycles. The molecule has 27 heavy (non-hydrogen) atoms. The van der Waals surface area contributed by atoms with E-state index in [4.69, 9.17) is 4.74 Å². The van der Waals surface area contributed by atoms with E-state index in [1.165, 1.54) is 0 Å². The highest BCUT2D eigenvalue weighted by molar-refractivity contribution is 5.82. The van der Waals surface area contributed by atoms with Crippen molar-refractivity contribution < 1.29 is 9.53 Å². The van der Waals surface area contributed by atoms with Crippen molar-refractivity contribution in [3.8, 4) is 0 Å². The van der Waals surface area contributed by atoms with Crippen LogP contribution in [0.2, 0.25) is 0 Å².